The first-order valence-corrected chi connectivity index (χ1v) is 7.91. The lowest BCUT2D eigenvalue weighted by Gasteiger charge is -2.08. The van der Waals surface area contributed by atoms with Gasteiger partial charge >= 0.3 is 0 Å². The first-order valence-electron chi connectivity index (χ1n) is 7.03. The molecule has 0 saturated heterocycles. The van der Waals surface area contributed by atoms with Crippen LogP contribution in [0, 0.1) is 0 Å². The van der Waals surface area contributed by atoms with E-state index in [0.29, 0.717) is 5.92 Å². The number of aromatic nitrogens is 3. The number of hydrogen-bond acceptors (Lipinski definition) is 4. The first-order chi connectivity index (χ1) is 10.3. The monoisotopic (exact) mass is 298 g/mol. The molecule has 1 atom stereocenters. The van der Waals surface area contributed by atoms with Gasteiger partial charge in [0, 0.05) is 36.8 Å². The predicted octanol–water partition coefficient (Wildman–Crippen LogP) is 3.22. The molecule has 1 aromatic carbocycles. The molecule has 0 aliphatic carbocycles. The number of nitrogens with one attached hydrogen (secondary N) is 1. The minimum absolute atomic E-state index is 0.432. The molecule has 0 fully saturated rings. The Morgan fingerprint density at radius 1 is 1.24 bits per heavy atom. The predicted molar refractivity (Wildman–Crippen MR) is 85.8 cm³/mol. The van der Waals surface area contributed by atoms with Gasteiger partial charge in [0.05, 0.1) is 16.4 Å². The van der Waals surface area contributed by atoms with E-state index in [4.69, 9.17) is 0 Å². The van der Waals surface area contributed by atoms with Gasteiger partial charge in [0.1, 0.15) is 0 Å². The number of hydrogen-bond donors (Lipinski definition) is 1. The molecule has 108 valence electrons. The number of benzene rings is 1. The zero-order valence-electron chi connectivity index (χ0n) is 11.9. The van der Waals surface area contributed by atoms with Crippen LogP contribution in [0.15, 0.2) is 54.2 Å². The van der Waals surface area contributed by atoms with Gasteiger partial charge in [0.2, 0.25) is 0 Å². The Morgan fingerprint density at radius 2 is 2.10 bits per heavy atom. The van der Waals surface area contributed by atoms with Crippen LogP contribution in [0.5, 0.6) is 0 Å². The van der Waals surface area contributed by atoms with Crippen molar-refractivity contribution in [3.8, 4) is 5.69 Å². The molecule has 3 rings (SSSR count). The highest BCUT2D eigenvalue weighted by atomic mass is 32.1. The number of nitrogens with zero attached hydrogens (tertiary/aromatic N) is 3. The van der Waals surface area contributed by atoms with E-state index in [9.17, 15) is 0 Å². The van der Waals surface area contributed by atoms with Crippen molar-refractivity contribution in [2.75, 3.05) is 6.54 Å². The Labute approximate surface area is 128 Å². The summed E-state index contributed by atoms with van der Waals surface area (Å²) in [5.74, 6) is 0.432. The van der Waals surface area contributed by atoms with E-state index < -0.39 is 0 Å². The summed E-state index contributed by atoms with van der Waals surface area (Å²) in [5.41, 5.74) is 2.13. The zero-order valence-corrected chi connectivity index (χ0v) is 12.8. The lowest BCUT2D eigenvalue weighted by Crippen LogP contribution is -2.20. The standard InChI is InChI=1S/C16H18N4S/c1-13(16-18-8-10-21-16)11-17-12-14-7-9-20(19-14)15-5-3-2-4-6-15/h2-10,13,17H,11-12H2,1H3. The third-order valence-corrected chi connectivity index (χ3v) is 4.30. The van der Waals surface area contributed by atoms with Gasteiger partial charge in [-0.1, -0.05) is 25.1 Å². The van der Waals surface area contributed by atoms with Crippen molar-refractivity contribution in [1.29, 1.82) is 0 Å². The quantitative estimate of drug-likeness (QED) is 0.760. The van der Waals surface area contributed by atoms with Crippen molar-refractivity contribution in [1.82, 2.24) is 20.1 Å². The topological polar surface area (TPSA) is 42.7 Å². The Kier molecular flexibility index (Phi) is 4.43. The zero-order chi connectivity index (χ0) is 14.5. The van der Waals surface area contributed by atoms with Crippen LogP contribution in [-0.4, -0.2) is 21.3 Å². The second kappa shape index (κ2) is 6.65. The summed E-state index contributed by atoms with van der Waals surface area (Å²) in [6.45, 7) is 3.87. The Balaban J connectivity index is 1.54. The van der Waals surface area contributed by atoms with E-state index in [0.717, 1.165) is 24.5 Å². The van der Waals surface area contributed by atoms with Gasteiger partial charge in [-0.05, 0) is 18.2 Å². The molecule has 0 bridgehead atoms. The highest BCUT2D eigenvalue weighted by molar-refractivity contribution is 7.09. The number of thiazole rings is 1. The van der Waals surface area contributed by atoms with Gasteiger partial charge in [-0.3, -0.25) is 0 Å². The van der Waals surface area contributed by atoms with Gasteiger partial charge < -0.3 is 5.32 Å². The lowest BCUT2D eigenvalue weighted by atomic mass is 10.2. The third-order valence-electron chi connectivity index (χ3n) is 3.29. The second-order valence-electron chi connectivity index (χ2n) is 4.99. The molecule has 5 heteroatoms. The maximum Gasteiger partial charge on any atom is 0.0965 e. The summed E-state index contributed by atoms with van der Waals surface area (Å²) >= 11 is 1.71. The van der Waals surface area contributed by atoms with E-state index in [-0.39, 0.29) is 0 Å². The van der Waals surface area contributed by atoms with Crippen LogP contribution in [0.25, 0.3) is 5.69 Å². The fourth-order valence-electron chi connectivity index (χ4n) is 2.16. The van der Waals surface area contributed by atoms with Crippen LogP contribution in [-0.2, 0) is 6.54 Å². The molecule has 2 aromatic heterocycles. The molecule has 0 radical (unpaired) electrons. The molecular formula is C16H18N4S. The van der Waals surface area contributed by atoms with Crippen LogP contribution < -0.4 is 5.32 Å². The Hall–Kier alpha value is -1.98. The van der Waals surface area contributed by atoms with Crippen molar-refractivity contribution in [2.45, 2.75) is 19.4 Å². The van der Waals surface area contributed by atoms with E-state index >= 15 is 0 Å². The lowest BCUT2D eigenvalue weighted by molar-refractivity contribution is 0.602. The Bertz CT molecular complexity index is 661. The molecule has 1 unspecified atom stereocenters. The van der Waals surface area contributed by atoms with E-state index in [2.05, 4.69) is 34.5 Å². The summed E-state index contributed by atoms with van der Waals surface area (Å²) < 4.78 is 1.90. The van der Waals surface area contributed by atoms with Crippen molar-refractivity contribution in [3.63, 3.8) is 0 Å². The fraction of sp³-hybridized carbons (Fsp3) is 0.250. The fourth-order valence-corrected chi connectivity index (χ4v) is 2.86. The molecule has 21 heavy (non-hydrogen) atoms. The van der Waals surface area contributed by atoms with Crippen LogP contribution in [0.3, 0.4) is 0 Å². The summed E-state index contributed by atoms with van der Waals surface area (Å²) in [6, 6.07) is 12.2. The van der Waals surface area contributed by atoms with Gasteiger partial charge in [-0.15, -0.1) is 11.3 Å². The number of rotatable bonds is 6. The third kappa shape index (κ3) is 3.56. The minimum atomic E-state index is 0.432. The average molecular weight is 298 g/mol. The largest absolute Gasteiger partial charge is 0.310 e. The van der Waals surface area contributed by atoms with Crippen molar-refractivity contribution >= 4 is 11.3 Å². The maximum atomic E-state index is 4.58. The second-order valence-corrected chi connectivity index (χ2v) is 5.92. The van der Waals surface area contributed by atoms with Crippen LogP contribution in [0.4, 0.5) is 0 Å². The maximum absolute atomic E-state index is 4.58. The van der Waals surface area contributed by atoms with Crippen molar-refractivity contribution < 1.29 is 0 Å². The summed E-state index contributed by atoms with van der Waals surface area (Å²) in [6.07, 6.45) is 3.86. The van der Waals surface area contributed by atoms with E-state index in [1.54, 1.807) is 11.3 Å². The van der Waals surface area contributed by atoms with Gasteiger partial charge in [0.15, 0.2) is 0 Å². The van der Waals surface area contributed by atoms with Crippen LogP contribution in [0.2, 0.25) is 0 Å². The molecule has 0 spiro atoms. The molecule has 1 N–H and O–H groups in total. The molecule has 2 heterocycles. The first kappa shape index (κ1) is 14.0. The van der Waals surface area contributed by atoms with Crippen molar-refractivity contribution in [3.05, 3.63) is 64.9 Å². The number of para-hydroxylation sites is 1. The molecule has 0 saturated carbocycles. The molecule has 0 aliphatic rings. The molecule has 0 aliphatic heterocycles. The van der Waals surface area contributed by atoms with Crippen molar-refractivity contribution in [2.24, 2.45) is 0 Å². The van der Waals surface area contributed by atoms with Crippen LogP contribution >= 0.6 is 11.3 Å². The molecule has 3 aromatic rings. The van der Waals surface area contributed by atoms with Gasteiger partial charge in [-0.2, -0.15) is 5.10 Å². The van der Waals surface area contributed by atoms with E-state index in [1.165, 1.54) is 5.01 Å². The Morgan fingerprint density at radius 3 is 2.86 bits per heavy atom. The van der Waals surface area contributed by atoms with Gasteiger partial charge in [0.25, 0.3) is 0 Å². The average Bonchev–Trinajstić information content (AvgIpc) is 3.20. The molecule has 4 nitrogen and oxygen atoms in total. The minimum Gasteiger partial charge on any atom is -0.310 e. The summed E-state index contributed by atoms with van der Waals surface area (Å²) in [5, 5.41) is 11.2. The smallest absolute Gasteiger partial charge is 0.0965 e. The normalized spacial score (nSPS) is 12.4. The van der Waals surface area contributed by atoms with E-state index in [1.807, 2.05) is 46.7 Å². The van der Waals surface area contributed by atoms with Crippen LogP contribution in [0.1, 0.15) is 23.5 Å². The highest BCUT2D eigenvalue weighted by Crippen LogP contribution is 2.16. The molecule has 0 amide bonds. The SMILES string of the molecule is CC(CNCc1ccn(-c2ccccc2)n1)c1nccs1. The summed E-state index contributed by atoms with van der Waals surface area (Å²) in [7, 11) is 0. The summed E-state index contributed by atoms with van der Waals surface area (Å²) in [4.78, 5) is 4.34. The highest BCUT2D eigenvalue weighted by Gasteiger charge is 2.08. The van der Waals surface area contributed by atoms with Gasteiger partial charge in [-0.25, -0.2) is 9.67 Å². The molecular weight excluding hydrogens is 280 g/mol.